The van der Waals surface area contributed by atoms with Gasteiger partial charge in [0.1, 0.15) is 4.83 Å². The van der Waals surface area contributed by atoms with Crippen LogP contribution in [-0.4, -0.2) is 38.7 Å². The minimum Gasteiger partial charge on any atom is -0.342 e. The van der Waals surface area contributed by atoms with Gasteiger partial charge < -0.3 is 4.90 Å². The minimum atomic E-state index is -0.319. The molecule has 4 aromatic rings. The van der Waals surface area contributed by atoms with Gasteiger partial charge in [-0.1, -0.05) is 60.3 Å². The summed E-state index contributed by atoms with van der Waals surface area (Å²) in [6.45, 7) is 3.53. The van der Waals surface area contributed by atoms with Gasteiger partial charge in [-0.3, -0.25) is 14.2 Å². The van der Waals surface area contributed by atoms with E-state index < -0.39 is 0 Å². The van der Waals surface area contributed by atoms with Crippen LogP contribution in [0.15, 0.2) is 76.0 Å². The number of fused-ring (bicyclic) bond motifs is 1. The Hall–Kier alpha value is -2.90. The van der Waals surface area contributed by atoms with Crippen LogP contribution in [0.25, 0.3) is 27.0 Å². The fraction of sp³-hybridized carbons (Fsp3) is 0.240. The Labute approximate surface area is 194 Å². The lowest BCUT2D eigenvalue weighted by molar-refractivity contribution is -0.129. The molecule has 0 radical (unpaired) electrons. The summed E-state index contributed by atoms with van der Waals surface area (Å²) in [5.41, 5.74) is 2.53. The molecule has 1 aliphatic rings. The standard InChI is InChI=1S/C25H23N3O2S2/c1-17(23(29)27-14-8-9-15-27)32-25-26-22-21(20(16-31-22)18-10-4-2-5-11-18)24(30)28(25)19-12-6-3-7-13-19/h2-7,10-13,16-17H,8-9,14-15H2,1H3/t17-/m1/s1. The van der Waals surface area contributed by atoms with Crippen LogP contribution in [0.3, 0.4) is 0 Å². The average molecular weight is 462 g/mol. The van der Waals surface area contributed by atoms with Crippen molar-refractivity contribution in [1.29, 1.82) is 0 Å². The summed E-state index contributed by atoms with van der Waals surface area (Å²) in [7, 11) is 0. The quantitative estimate of drug-likeness (QED) is 0.302. The van der Waals surface area contributed by atoms with E-state index in [1.807, 2.05) is 77.9 Å². The highest BCUT2D eigenvalue weighted by Crippen LogP contribution is 2.34. The fourth-order valence-electron chi connectivity index (χ4n) is 4.09. The predicted octanol–water partition coefficient (Wildman–Crippen LogP) is 5.22. The first kappa shape index (κ1) is 21.0. The Morgan fingerprint density at radius 3 is 2.38 bits per heavy atom. The van der Waals surface area contributed by atoms with Gasteiger partial charge in [-0.25, -0.2) is 4.98 Å². The summed E-state index contributed by atoms with van der Waals surface area (Å²) in [5.74, 6) is 0.109. The number of hydrogen-bond acceptors (Lipinski definition) is 5. The van der Waals surface area contributed by atoms with Crippen LogP contribution < -0.4 is 5.56 Å². The van der Waals surface area contributed by atoms with Crippen molar-refractivity contribution in [3.05, 3.63) is 76.4 Å². The topological polar surface area (TPSA) is 55.2 Å². The average Bonchev–Trinajstić information content (AvgIpc) is 3.50. The highest BCUT2D eigenvalue weighted by molar-refractivity contribution is 8.00. The number of thiophene rings is 1. The van der Waals surface area contributed by atoms with Crippen molar-refractivity contribution >= 4 is 39.2 Å². The Morgan fingerprint density at radius 1 is 1.03 bits per heavy atom. The number of nitrogens with zero attached hydrogens (tertiary/aromatic N) is 3. The predicted molar refractivity (Wildman–Crippen MR) is 132 cm³/mol. The van der Waals surface area contributed by atoms with Gasteiger partial charge in [-0.2, -0.15) is 0 Å². The summed E-state index contributed by atoms with van der Waals surface area (Å²) >= 11 is 2.83. The fourth-order valence-corrected chi connectivity index (χ4v) is 6.09. The van der Waals surface area contributed by atoms with E-state index in [0.29, 0.717) is 15.4 Å². The number of carbonyl (C=O) groups excluding carboxylic acids is 1. The van der Waals surface area contributed by atoms with E-state index in [4.69, 9.17) is 4.98 Å². The van der Waals surface area contributed by atoms with Crippen LogP contribution in [0.2, 0.25) is 0 Å². The van der Waals surface area contributed by atoms with Crippen molar-refractivity contribution < 1.29 is 4.79 Å². The van der Waals surface area contributed by atoms with Crippen molar-refractivity contribution in [1.82, 2.24) is 14.5 Å². The zero-order valence-electron chi connectivity index (χ0n) is 17.7. The normalized spacial score (nSPS) is 14.7. The van der Waals surface area contributed by atoms with Crippen LogP contribution in [-0.2, 0) is 4.79 Å². The first-order chi connectivity index (χ1) is 15.6. The number of para-hydroxylation sites is 1. The summed E-state index contributed by atoms with van der Waals surface area (Å²) < 4.78 is 1.65. The largest absolute Gasteiger partial charge is 0.342 e. The van der Waals surface area contributed by atoms with Crippen LogP contribution >= 0.6 is 23.1 Å². The van der Waals surface area contributed by atoms with Gasteiger partial charge >= 0.3 is 0 Å². The maximum Gasteiger partial charge on any atom is 0.268 e. The first-order valence-electron chi connectivity index (χ1n) is 10.7. The molecule has 0 spiro atoms. The molecular formula is C25H23N3O2S2. The van der Waals surface area contributed by atoms with Gasteiger partial charge in [0.25, 0.3) is 5.56 Å². The second-order valence-corrected chi connectivity index (χ2v) is 10.0. The van der Waals surface area contributed by atoms with E-state index in [1.165, 1.54) is 23.1 Å². The first-order valence-corrected chi connectivity index (χ1v) is 12.5. The Morgan fingerprint density at radius 2 is 1.69 bits per heavy atom. The van der Waals surface area contributed by atoms with Gasteiger partial charge in [-0.15, -0.1) is 11.3 Å². The molecule has 0 bridgehead atoms. The van der Waals surface area contributed by atoms with Crippen molar-refractivity contribution in [3.8, 4) is 16.8 Å². The molecule has 1 amide bonds. The highest BCUT2D eigenvalue weighted by Gasteiger charge is 2.27. The van der Waals surface area contributed by atoms with Gasteiger partial charge in [-0.05, 0) is 37.5 Å². The number of aromatic nitrogens is 2. The van der Waals surface area contributed by atoms with Crippen molar-refractivity contribution in [2.24, 2.45) is 0 Å². The SMILES string of the molecule is C[C@@H](Sc1nc2scc(-c3ccccc3)c2c(=O)n1-c1ccccc1)C(=O)N1CCCC1. The van der Waals surface area contributed by atoms with Gasteiger partial charge in [0, 0.05) is 24.0 Å². The molecule has 32 heavy (non-hydrogen) atoms. The Kier molecular flexibility index (Phi) is 5.85. The highest BCUT2D eigenvalue weighted by atomic mass is 32.2. The monoisotopic (exact) mass is 461 g/mol. The maximum atomic E-state index is 13.8. The molecule has 1 atom stereocenters. The third-order valence-electron chi connectivity index (χ3n) is 5.72. The Balaban J connectivity index is 1.64. The summed E-state index contributed by atoms with van der Waals surface area (Å²) in [6, 6.07) is 19.5. The molecule has 162 valence electrons. The van der Waals surface area contributed by atoms with Crippen LogP contribution in [0.5, 0.6) is 0 Å². The van der Waals surface area contributed by atoms with Crippen molar-refractivity contribution in [2.45, 2.75) is 30.2 Å². The summed E-state index contributed by atoms with van der Waals surface area (Å²) in [6.07, 6.45) is 2.11. The molecule has 0 saturated carbocycles. The van der Waals surface area contributed by atoms with E-state index in [2.05, 4.69) is 0 Å². The van der Waals surface area contributed by atoms with Gasteiger partial charge in [0.05, 0.1) is 16.3 Å². The molecule has 1 aliphatic heterocycles. The third kappa shape index (κ3) is 3.87. The number of amides is 1. The number of thioether (sulfide) groups is 1. The molecule has 2 aromatic heterocycles. The van der Waals surface area contributed by atoms with E-state index >= 15 is 0 Å². The number of carbonyl (C=O) groups is 1. The van der Waals surface area contributed by atoms with Crippen molar-refractivity contribution in [3.63, 3.8) is 0 Å². The second kappa shape index (κ2) is 8.92. The van der Waals surface area contributed by atoms with Crippen LogP contribution in [0, 0.1) is 0 Å². The summed E-state index contributed by atoms with van der Waals surface area (Å²) in [5, 5.41) is 2.85. The molecule has 0 unspecified atom stereocenters. The number of rotatable bonds is 5. The molecule has 2 aromatic carbocycles. The molecule has 0 N–H and O–H groups in total. The zero-order valence-corrected chi connectivity index (χ0v) is 19.4. The molecule has 1 fully saturated rings. The van der Waals surface area contributed by atoms with Crippen molar-refractivity contribution in [2.75, 3.05) is 13.1 Å². The Bertz CT molecular complexity index is 1310. The van der Waals surface area contributed by atoms with E-state index in [0.717, 1.165) is 42.7 Å². The zero-order chi connectivity index (χ0) is 22.1. The molecular weight excluding hydrogens is 438 g/mol. The summed E-state index contributed by atoms with van der Waals surface area (Å²) in [4.78, 5) is 34.3. The lowest BCUT2D eigenvalue weighted by Crippen LogP contribution is -2.34. The van der Waals surface area contributed by atoms with E-state index in [1.54, 1.807) is 4.57 Å². The molecule has 0 aliphatic carbocycles. The lowest BCUT2D eigenvalue weighted by atomic mass is 10.1. The third-order valence-corrected chi connectivity index (χ3v) is 7.64. The molecule has 7 heteroatoms. The number of hydrogen-bond donors (Lipinski definition) is 0. The second-order valence-electron chi connectivity index (χ2n) is 7.86. The smallest absolute Gasteiger partial charge is 0.268 e. The minimum absolute atomic E-state index is 0.107. The number of likely N-dealkylation sites (tertiary alicyclic amines) is 1. The molecule has 3 heterocycles. The van der Waals surface area contributed by atoms with E-state index in [9.17, 15) is 9.59 Å². The molecule has 5 rings (SSSR count). The van der Waals surface area contributed by atoms with Crippen LogP contribution in [0.1, 0.15) is 19.8 Å². The number of benzene rings is 2. The maximum absolute atomic E-state index is 13.8. The van der Waals surface area contributed by atoms with Gasteiger partial charge in [0.2, 0.25) is 5.91 Å². The lowest BCUT2D eigenvalue weighted by Gasteiger charge is -2.21. The molecule has 1 saturated heterocycles. The van der Waals surface area contributed by atoms with Gasteiger partial charge in [0.15, 0.2) is 5.16 Å². The van der Waals surface area contributed by atoms with Crippen LogP contribution in [0.4, 0.5) is 0 Å². The molecule has 5 nitrogen and oxygen atoms in total. The van der Waals surface area contributed by atoms with E-state index in [-0.39, 0.29) is 16.7 Å².